The fourth-order valence-electron chi connectivity index (χ4n) is 3.71. The Kier molecular flexibility index (Phi) is 4.32. The quantitative estimate of drug-likeness (QED) is 0.724. The molecular formula is C19H21ClN6O. The summed E-state index contributed by atoms with van der Waals surface area (Å²) in [4.78, 5) is 22.7. The molecule has 0 spiro atoms. The molecule has 7 nitrogen and oxygen atoms in total. The lowest BCUT2D eigenvalue weighted by molar-refractivity contribution is 0.275. The molecule has 3 aromatic heterocycles. The molecule has 2 fully saturated rings. The number of fused-ring (bicyclic) bond motifs is 1. The summed E-state index contributed by atoms with van der Waals surface area (Å²) >= 11 is 6.10. The molecule has 1 N–H and O–H groups in total. The van der Waals surface area contributed by atoms with E-state index in [-0.39, 0.29) is 5.28 Å². The number of aromatic amines is 1. The lowest BCUT2D eigenvalue weighted by Crippen LogP contribution is -2.34. The van der Waals surface area contributed by atoms with Gasteiger partial charge in [-0.15, -0.1) is 0 Å². The van der Waals surface area contributed by atoms with E-state index >= 15 is 0 Å². The van der Waals surface area contributed by atoms with Crippen molar-refractivity contribution in [2.75, 3.05) is 24.6 Å². The topological polar surface area (TPSA) is 79.8 Å². The van der Waals surface area contributed by atoms with Gasteiger partial charge in [0.05, 0.1) is 6.61 Å². The number of ether oxygens (including phenoxy) is 1. The van der Waals surface area contributed by atoms with Gasteiger partial charge in [-0.25, -0.2) is 4.98 Å². The molecule has 1 aliphatic carbocycles. The van der Waals surface area contributed by atoms with Crippen molar-refractivity contribution in [2.45, 2.75) is 31.6 Å². The molecule has 1 aliphatic heterocycles. The zero-order chi connectivity index (χ0) is 18.2. The van der Waals surface area contributed by atoms with E-state index in [1.165, 1.54) is 23.8 Å². The molecule has 0 unspecified atom stereocenters. The van der Waals surface area contributed by atoms with Crippen LogP contribution in [0.2, 0.25) is 5.28 Å². The highest BCUT2D eigenvalue weighted by atomic mass is 35.5. The predicted molar refractivity (Wildman–Crippen MR) is 103 cm³/mol. The van der Waals surface area contributed by atoms with Gasteiger partial charge in [-0.05, 0) is 66.8 Å². The Bertz CT molecular complexity index is 948. The zero-order valence-electron chi connectivity index (χ0n) is 14.9. The number of aromatic nitrogens is 5. The van der Waals surface area contributed by atoms with Crippen molar-refractivity contribution >= 4 is 28.6 Å². The van der Waals surface area contributed by atoms with Gasteiger partial charge in [-0.2, -0.15) is 15.0 Å². The van der Waals surface area contributed by atoms with Gasteiger partial charge >= 0.3 is 6.01 Å². The number of hydrogen-bond acceptors (Lipinski definition) is 6. The molecule has 1 saturated carbocycles. The van der Waals surface area contributed by atoms with Gasteiger partial charge in [-0.1, -0.05) is 0 Å². The number of halogens is 1. The molecule has 4 heterocycles. The molecule has 2 aliphatic rings. The normalized spacial score (nSPS) is 18.2. The minimum Gasteiger partial charge on any atom is -0.463 e. The first-order valence-electron chi connectivity index (χ1n) is 9.47. The number of rotatable bonds is 5. The van der Waals surface area contributed by atoms with E-state index < -0.39 is 0 Å². The molecule has 0 amide bonds. The van der Waals surface area contributed by atoms with Crippen LogP contribution in [0, 0.1) is 5.92 Å². The van der Waals surface area contributed by atoms with Crippen LogP contribution in [0.4, 0.5) is 5.95 Å². The van der Waals surface area contributed by atoms with E-state index in [0.29, 0.717) is 30.4 Å². The highest BCUT2D eigenvalue weighted by Crippen LogP contribution is 2.34. The zero-order valence-corrected chi connectivity index (χ0v) is 15.7. The van der Waals surface area contributed by atoms with Crippen molar-refractivity contribution < 1.29 is 4.74 Å². The maximum absolute atomic E-state index is 6.10. The number of nitrogens with one attached hydrogen (secondary N) is 1. The number of pyridine rings is 1. The van der Waals surface area contributed by atoms with E-state index in [0.717, 1.165) is 31.6 Å². The number of nitrogens with zero attached hydrogens (tertiary/aromatic N) is 5. The van der Waals surface area contributed by atoms with Crippen molar-refractivity contribution in [3.05, 3.63) is 35.4 Å². The van der Waals surface area contributed by atoms with Crippen LogP contribution in [0.5, 0.6) is 6.01 Å². The van der Waals surface area contributed by atoms with E-state index in [2.05, 4.69) is 42.1 Å². The summed E-state index contributed by atoms with van der Waals surface area (Å²) in [5.41, 5.74) is 2.30. The van der Waals surface area contributed by atoms with Gasteiger partial charge in [-0.3, -0.25) is 0 Å². The summed E-state index contributed by atoms with van der Waals surface area (Å²) in [6.07, 6.45) is 8.43. The van der Waals surface area contributed by atoms with Crippen LogP contribution < -0.4 is 9.64 Å². The fraction of sp³-hybridized carbons (Fsp3) is 0.474. The van der Waals surface area contributed by atoms with Crippen molar-refractivity contribution in [1.82, 2.24) is 24.9 Å². The molecule has 27 heavy (non-hydrogen) atoms. The largest absolute Gasteiger partial charge is 0.463 e. The van der Waals surface area contributed by atoms with E-state index in [1.807, 2.05) is 12.3 Å². The maximum atomic E-state index is 6.10. The number of hydrogen-bond donors (Lipinski definition) is 1. The first kappa shape index (κ1) is 16.7. The van der Waals surface area contributed by atoms with E-state index in [4.69, 9.17) is 16.3 Å². The number of H-pyrrole nitrogens is 1. The summed E-state index contributed by atoms with van der Waals surface area (Å²) in [6.45, 7) is 2.41. The molecule has 1 saturated heterocycles. The Balaban J connectivity index is 1.28. The minimum atomic E-state index is 0.190. The molecule has 140 valence electrons. The minimum absolute atomic E-state index is 0.190. The first-order valence-corrected chi connectivity index (χ1v) is 9.85. The first-order chi connectivity index (χ1) is 13.3. The molecule has 0 aromatic carbocycles. The predicted octanol–water partition coefficient (Wildman–Crippen LogP) is 3.57. The second-order valence-corrected chi connectivity index (χ2v) is 7.68. The molecule has 5 rings (SSSR count). The summed E-state index contributed by atoms with van der Waals surface area (Å²) in [5, 5.41) is 1.41. The highest BCUT2D eigenvalue weighted by molar-refractivity contribution is 6.28. The maximum Gasteiger partial charge on any atom is 0.322 e. The number of anilines is 1. The average molecular weight is 385 g/mol. The second kappa shape index (κ2) is 6.96. The van der Waals surface area contributed by atoms with Crippen LogP contribution in [0.3, 0.4) is 0 Å². The SMILES string of the molecule is Clc1nc(OCC2CC2)nc(N2CCC(c3c[nH]c4ncccc34)CC2)n1. The lowest BCUT2D eigenvalue weighted by atomic mass is 9.89. The molecule has 0 bridgehead atoms. The third-order valence-electron chi connectivity index (χ3n) is 5.42. The molecule has 0 radical (unpaired) electrons. The molecule has 3 aromatic rings. The van der Waals surface area contributed by atoms with Gasteiger partial charge in [0.2, 0.25) is 11.2 Å². The lowest BCUT2D eigenvalue weighted by Gasteiger charge is -2.32. The number of piperidine rings is 1. The van der Waals surface area contributed by atoms with Crippen LogP contribution in [-0.4, -0.2) is 44.6 Å². The average Bonchev–Trinajstić information content (AvgIpc) is 3.43. The summed E-state index contributed by atoms with van der Waals surface area (Å²) in [5.74, 6) is 1.76. The fourth-order valence-corrected chi connectivity index (χ4v) is 3.86. The highest BCUT2D eigenvalue weighted by Gasteiger charge is 2.26. The van der Waals surface area contributed by atoms with Crippen molar-refractivity contribution in [3.8, 4) is 6.01 Å². The Morgan fingerprint density at radius 3 is 2.81 bits per heavy atom. The van der Waals surface area contributed by atoms with Gasteiger partial charge in [0.25, 0.3) is 0 Å². The van der Waals surface area contributed by atoms with Crippen LogP contribution in [0.25, 0.3) is 11.0 Å². The molecule has 0 atom stereocenters. The van der Waals surface area contributed by atoms with Crippen molar-refractivity contribution in [3.63, 3.8) is 0 Å². The molecule has 8 heteroatoms. The van der Waals surface area contributed by atoms with Crippen LogP contribution in [-0.2, 0) is 0 Å². The third-order valence-corrected chi connectivity index (χ3v) is 5.59. The standard InChI is InChI=1S/C19H21ClN6O/c20-17-23-18(25-19(24-17)27-11-12-3-4-12)26-8-5-13(6-9-26)15-10-22-16-14(15)2-1-7-21-16/h1-2,7,10,12-13H,3-6,8-9,11H2,(H,21,22). The van der Waals surface area contributed by atoms with Crippen LogP contribution in [0.1, 0.15) is 37.2 Å². The summed E-state index contributed by atoms with van der Waals surface area (Å²) < 4.78 is 5.69. The van der Waals surface area contributed by atoms with Crippen LogP contribution >= 0.6 is 11.6 Å². The third kappa shape index (κ3) is 3.56. The van der Waals surface area contributed by atoms with Crippen molar-refractivity contribution in [2.24, 2.45) is 5.92 Å². The van der Waals surface area contributed by atoms with Crippen LogP contribution in [0.15, 0.2) is 24.5 Å². The van der Waals surface area contributed by atoms with Gasteiger partial charge in [0.1, 0.15) is 5.65 Å². The Morgan fingerprint density at radius 1 is 1.15 bits per heavy atom. The van der Waals surface area contributed by atoms with Gasteiger partial charge in [0, 0.05) is 30.9 Å². The Morgan fingerprint density at radius 2 is 2.00 bits per heavy atom. The summed E-state index contributed by atoms with van der Waals surface area (Å²) in [6, 6.07) is 4.46. The van der Waals surface area contributed by atoms with E-state index in [9.17, 15) is 0 Å². The molecular weight excluding hydrogens is 364 g/mol. The Hall–Kier alpha value is -2.41. The van der Waals surface area contributed by atoms with Gasteiger partial charge in [0.15, 0.2) is 0 Å². The monoisotopic (exact) mass is 384 g/mol. The Labute approximate surface area is 162 Å². The second-order valence-electron chi connectivity index (χ2n) is 7.35. The van der Waals surface area contributed by atoms with E-state index in [1.54, 1.807) is 0 Å². The summed E-state index contributed by atoms with van der Waals surface area (Å²) in [7, 11) is 0. The van der Waals surface area contributed by atoms with Crippen molar-refractivity contribution in [1.29, 1.82) is 0 Å². The smallest absolute Gasteiger partial charge is 0.322 e. The van der Waals surface area contributed by atoms with Gasteiger partial charge < -0.3 is 14.6 Å².